The monoisotopic (exact) mass is 579 g/mol. The van der Waals surface area contributed by atoms with E-state index in [4.69, 9.17) is 8.85 Å². The molecule has 9 nitrogen and oxygen atoms in total. The smallest absolute Gasteiger partial charge is 0.334 e. The number of rotatable bonds is 19. The van der Waals surface area contributed by atoms with Crippen molar-refractivity contribution in [2.24, 2.45) is 0 Å². The lowest BCUT2D eigenvalue weighted by atomic mass is 10.2. The number of carbonyl (C=O) groups excluding carboxylic acids is 1. The number of nitrogens with zero attached hydrogens (tertiary/aromatic N) is 4. The van der Waals surface area contributed by atoms with E-state index in [-0.39, 0.29) is 5.91 Å². The van der Waals surface area contributed by atoms with Crippen LogP contribution < -0.4 is 0 Å². The van der Waals surface area contributed by atoms with Crippen molar-refractivity contribution in [2.45, 2.75) is 78.2 Å². The van der Waals surface area contributed by atoms with Crippen molar-refractivity contribution in [2.75, 3.05) is 94.8 Å². The first-order chi connectivity index (χ1) is 18.0. The van der Waals surface area contributed by atoms with Gasteiger partial charge in [0.25, 0.3) is 0 Å². The van der Waals surface area contributed by atoms with Crippen molar-refractivity contribution < 1.29 is 28.3 Å². The Morgan fingerprint density at radius 3 is 1.59 bits per heavy atom. The molecule has 2 atom stereocenters. The van der Waals surface area contributed by atoms with Crippen LogP contribution in [0.4, 0.5) is 0 Å². The van der Waals surface area contributed by atoms with Gasteiger partial charge in [0.15, 0.2) is 0 Å². The topological polar surface area (TPSA) is 85.7 Å². The predicted molar refractivity (Wildman–Crippen MR) is 168 cm³/mol. The minimum atomic E-state index is -2.13. The Kier molecular flexibility index (Phi) is 27.2. The molecule has 0 aromatic heterocycles. The second kappa shape index (κ2) is 24.9. The molecule has 0 rings (SSSR count). The highest BCUT2D eigenvalue weighted by molar-refractivity contribution is 6.65. The van der Waals surface area contributed by atoms with Crippen LogP contribution in [0.2, 0.25) is 12.6 Å². The number of hydrogen-bond donors (Lipinski definition) is 2. The fourth-order valence-electron chi connectivity index (χ4n) is 4.26. The Morgan fingerprint density at radius 2 is 1.31 bits per heavy atom. The number of likely N-dealkylation sites (N-methyl/N-ethyl adjacent to an activating group) is 1. The van der Waals surface area contributed by atoms with Crippen molar-refractivity contribution >= 4 is 14.5 Å². The molecule has 2 unspecified atom stereocenters. The van der Waals surface area contributed by atoms with Crippen LogP contribution in [0.1, 0.15) is 53.4 Å². The fourth-order valence-corrected chi connectivity index (χ4v) is 5.64. The number of aliphatic hydroxyl groups is 2. The molecule has 0 bridgehead atoms. The maximum atomic E-state index is 11.9. The van der Waals surface area contributed by atoms with Crippen molar-refractivity contribution in [1.29, 1.82) is 0 Å². The van der Waals surface area contributed by atoms with Crippen LogP contribution in [0.5, 0.6) is 0 Å². The molecular weight excluding hydrogens is 512 g/mol. The van der Waals surface area contributed by atoms with E-state index in [0.29, 0.717) is 37.2 Å². The Balaban J connectivity index is -0.000000753. The molecule has 234 valence electrons. The van der Waals surface area contributed by atoms with Gasteiger partial charge in [0.05, 0.1) is 34.0 Å². The summed E-state index contributed by atoms with van der Waals surface area (Å²) < 4.78 is 11.3. The van der Waals surface area contributed by atoms with Gasteiger partial charge >= 0.3 is 8.56 Å². The van der Waals surface area contributed by atoms with Crippen LogP contribution in [0, 0.1) is 13.8 Å². The molecule has 10 heteroatoms. The van der Waals surface area contributed by atoms with Crippen LogP contribution in [0.15, 0.2) is 0 Å². The summed E-state index contributed by atoms with van der Waals surface area (Å²) in [6, 6.07) is 0.811. The average molecular weight is 580 g/mol. The second-order valence-corrected chi connectivity index (χ2v) is 14.9. The van der Waals surface area contributed by atoms with Crippen molar-refractivity contribution in [3.63, 3.8) is 0 Å². The van der Waals surface area contributed by atoms with Crippen LogP contribution in [0.3, 0.4) is 0 Å². The summed E-state index contributed by atoms with van der Waals surface area (Å²) in [4.78, 5) is 18.3. The highest BCUT2D eigenvalue weighted by Gasteiger charge is 2.32. The van der Waals surface area contributed by atoms with Gasteiger partial charge in [-0.1, -0.05) is 20.8 Å². The van der Waals surface area contributed by atoms with E-state index in [1.54, 1.807) is 26.0 Å². The SMILES string of the molecule is CCCN(C)C.CCCN(C)CCC.[CH2+]C(O)C[N+](C)(CCN(CCC[Si](C)(OC)OC)C(C)=O)CC([CH2+])O. The van der Waals surface area contributed by atoms with E-state index in [9.17, 15) is 15.0 Å². The van der Waals surface area contributed by atoms with E-state index in [0.717, 1.165) is 12.5 Å². The zero-order valence-electron chi connectivity index (χ0n) is 27.7. The molecule has 0 saturated carbocycles. The number of aliphatic hydroxyl groups excluding tert-OH is 2. The number of carbonyl (C=O) groups is 1. The Labute approximate surface area is 244 Å². The van der Waals surface area contributed by atoms with Crippen molar-refractivity contribution in [3.05, 3.63) is 13.8 Å². The summed E-state index contributed by atoms with van der Waals surface area (Å²) in [5, 5.41) is 19.3. The Bertz CT molecular complexity index is 548. The normalized spacial score (nSPS) is 14.5. The molecule has 0 aromatic carbocycles. The van der Waals surface area contributed by atoms with Gasteiger partial charge in [0.2, 0.25) is 18.1 Å². The second-order valence-electron chi connectivity index (χ2n) is 11.3. The average Bonchev–Trinajstić information content (AvgIpc) is 2.81. The molecule has 0 saturated heterocycles. The van der Waals surface area contributed by atoms with Crippen LogP contribution >= 0.6 is 0 Å². The lowest BCUT2D eigenvalue weighted by Crippen LogP contribution is -2.55. The zero-order valence-corrected chi connectivity index (χ0v) is 28.7. The van der Waals surface area contributed by atoms with E-state index >= 15 is 0 Å². The first-order valence-corrected chi connectivity index (χ1v) is 17.1. The zero-order chi connectivity index (χ0) is 31.1. The highest BCUT2D eigenvalue weighted by Crippen LogP contribution is 2.15. The molecule has 0 fully saturated rings. The largest absolute Gasteiger partial charge is 0.398 e. The Hall–Kier alpha value is -0.853. The standard InChI is InChI=1S/C17H37N2O5Si.C7H17N.C5H13N/c1-15(20)13-19(4,14-16(2)21)11-10-18(17(3)22)9-8-12-25(7,23-5)24-6;1-4-6-8(3)7-5-2;1-4-5-6(2)3/h15-16,20-21H,1-2,8-14H2,3-7H3;4-7H2,1-3H3;4-5H2,1-3H3/q+3;;. The quantitative estimate of drug-likeness (QED) is 0.138. The van der Waals surface area contributed by atoms with Gasteiger partial charge in [-0.3, -0.25) is 4.79 Å². The van der Waals surface area contributed by atoms with Gasteiger partial charge in [0, 0.05) is 27.7 Å². The molecule has 0 aliphatic rings. The molecule has 39 heavy (non-hydrogen) atoms. The molecule has 1 amide bonds. The lowest BCUT2D eigenvalue weighted by Gasteiger charge is -2.35. The molecule has 0 aliphatic carbocycles. The third-order valence-corrected chi connectivity index (χ3v) is 9.45. The first kappa shape index (κ1) is 42.6. The van der Waals surface area contributed by atoms with Crippen molar-refractivity contribution in [1.82, 2.24) is 14.7 Å². The lowest BCUT2D eigenvalue weighted by molar-refractivity contribution is -0.913. The maximum Gasteiger partial charge on any atom is 0.334 e. The summed E-state index contributed by atoms with van der Waals surface area (Å²) >= 11 is 0. The van der Waals surface area contributed by atoms with E-state index in [2.05, 4.69) is 65.6 Å². The van der Waals surface area contributed by atoms with Crippen molar-refractivity contribution in [3.8, 4) is 0 Å². The van der Waals surface area contributed by atoms with Crippen LogP contribution in [0.25, 0.3) is 0 Å². The minimum absolute atomic E-state index is 0.00935. The fraction of sp³-hybridized carbons (Fsp3) is 0.897. The summed E-state index contributed by atoms with van der Waals surface area (Å²) in [5.41, 5.74) is 0. The number of amides is 1. The number of quaternary nitrogens is 1. The van der Waals surface area contributed by atoms with Gasteiger partial charge in [0.1, 0.15) is 13.1 Å². The van der Waals surface area contributed by atoms with E-state index in [1.165, 1.54) is 38.9 Å². The van der Waals surface area contributed by atoms with Gasteiger partial charge in [-0.25, -0.2) is 0 Å². The molecule has 2 N–H and O–H groups in total. The molecule has 0 aromatic rings. The molecule has 0 heterocycles. The summed E-state index contributed by atoms with van der Waals surface area (Å²) in [5.74, 6) is 0.00935. The van der Waals surface area contributed by atoms with Gasteiger partial charge in [-0.2, -0.15) is 0 Å². The highest BCUT2D eigenvalue weighted by atomic mass is 28.4. The van der Waals surface area contributed by atoms with Crippen LogP contribution in [-0.2, 0) is 13.6 Å². The Morgan fingerprint density at radius 1 is 0.872 bits per heavy atom. The predicted octanol–water partition coefficient (Wildman–Crippen LogP) is 3.12. The third-order valence-electron chi connectivity index (χ3n) is 6.46. The molecular formula is C29H67N4O5Si+3. The summed E-state index contributed by atoms with van der Waals surface area (Å²) in [6.07, 6.45) is 3.15. The van der Waals surface area contributed by atoms with Crippen LogP contribution in [-0.4, -0.2) is 151 Å². The molecule has 0 spiro atoms. The maximum absolute atomic E-state index is 11.9. The first-order valence-electron chi connectivity index (χ1n) is 14.6. The number of hydrogen-bond acceptors (Lipinski definition) is 7. The third kappa shape index (κ3) is 27.1. The van der Waals surface area contributed by atoms with E-state index in [1.807, 2.05) is 13.6 Å². The summed E-state index contributed by atoms with van der Waals surface area (Å²) in [7, 11) is 9.48. The molecule has 0 radical (unpaired) electrons. The minimum Gasteiger partial charge on any atom is -0.398 e. The van der Waals surface area contributed by atoms with E-state index < -0.39 is 20.8 Å². The molecule has 0 aliphatic heterocycles. The van der Waals surface area contributed by atoms with Gasteiger partial charge in [-0.05, 0) is 79.1 Å². The summed E-state index contributed by atoms with van der Waals surface area (Å²) in [6.45, 7) is 23.7. The van der Waals surface area contributed by atoms with Gasteiger partial charge < -0.3 is 38.2 Å². The van der Waals surface area contributed by atoms with Gasteiger partial charge in [-0.15, -0.1) is 0 Å².